The van der Waals surface area contributed by atoms with Crippen LogP contribution >= 0.6 is 0 Å². The van der Waals surface area contributed by atoms with E-state index in [0.29, 0.717) is 22.9 Å². The van der Waals surface area contributed by atoms with E-state index < -0.39 is 0 Å². The normalized spacial score (nSPS) is 11.7. The fourth-order valence-electron chi connectivity index (χ4n) is 2.11. The number of benzene rings is 2. The Hall–Kier alpha value is -2.82. The van der Waals surface area contributed by atoms with Gasteiger partial charge in [-0.1, -0.05) is 44.2 Å². The molecule has 0 spiro atoms. The standard InChI is InChI=1S/C20H24N2O3/c1-14(2)15(3)21-19(23)13-25-18-12-8-7-11-17(18)20(24)22-16-9-5-4-6-10-16/h4-12,14-15H,13H2,1-3H3,(H,21,23)(H,22,24)/t15-/m1/s1. The molecule has 5 nitrogen and oxygen atoms in total. The number of para-hydroxylation sites is 2. The second-order valence-electron chi connectivity index (χ2n) is 6.21. The number of hydrogen-bond acceptors (Lipinski definition) is 3. The van der Waals surface area contributed by atoms with Crippen LogP contribution in [-0.4, -0.2) is 24.5 Å². The van der Waals surface area contributed by atoms with Crippen LogP contribution in [0.5, 0.6) is 5.75 Å². The van der Waals surface area contributed by atoms with E-state index >= 15 is 0 Å². The zero-order chi connectivity index (χ0) is 18.2. The van der Waals surface area contributed by atoms with E-state index in [-0.39, 0.29) is 24.5 Å². The predicted molar refractivity (Wildman–Crippen MR) is 98.8 cm³/mol. The molecule has 5 heteroatoms. The lowest BCUT2D eigenvalue weighted by molar-refractivity contribution is -0.124. The highest BCUT2D eigenvalue weighted by atomic mass is 16.5. The SMILES string of the molecule is CC(C)[C@@H](C)NC(=O)COc1ccccc1C(=O)Nc1ccccc1. The molecule has 0 saturated heterocycles. The van der Waals surface area contributed by atoms with Crippen molar-refractivity contribution < 1.29 is 14.3 Å². The monoisotopic (exact) mass is 340 g/mol. The lowest BCUT2D eigenvalue weighted by Crippen LogP contribution is -2.39. The van der Waals surface area contributed by atoms with Gasteiger partial charge in [-0.05, 0) is 37.1 Å². The van der Waals surface area contributed by atoms with Crippen molar-refractivity contribution in [2.24, 2.45) is 5.92 Å². The smallest absolute Gasteiger partial charge is 0.259 e. The van der Waals surface area contributed by atoms with Gasteiger partial charge in [0.1, 0.15) is 5.75 Å². The Balaban J connectivity index is 2.00. The molecule has 0 bridgehead atoms. The summed E-state index contributed by atoms with van der Waals surface area (Å²) >= 11 is 0. The zero-order valence-electron chi connectivity index (χ0n) is 14.8. The Kier molecular flexibility index (Phi) is 6.57. The van der Waals surface area contributed by atoms with Gasteiger partial charge in [0.05, 0.1) is 5.56 Å². The topological polar surface area (TPSA) is 67.4 Å². The van der Waals surface area contributed by atoms with E-state index in [0.717, 1.165) is 0 Å². The Morgan fingerprint density at radius 2 is 1.60 bits per heavy atom. The predicted octanol–water partition coefficient (Wildman–Crippen LogP) is 3.48. The van der Waals surface area contributed by atoms with Crippen LogP contribution in [0.2, 0.25) is 0 Å². The average molecular weight is 340 g/mol. The molecule has 25 heavy (non-hydrogen) atoms. The Labute approximate surface area is 148 Å². The third kappa shape index (κ3) is 5.64. The highest BCUT2D eigenvalue weighted by Crippen LogP contribution is 2.19. The van der Waals surface area contributed by atoms with Crippen LogP contribution in [0.4, 0.5) is 5.69 Å². The number of anilines is 1. The molecule has 0 saturated carbocycles. The lowest BCUT2D eigenvalue weighted by Gasteiger charge is -2.18. The number of rotatable bonds is 7. The lowest BCUT2D eigenvalue weighted by atomic mass is 10.1. The molecular weight excluding hydrogens is 316 g/mol. The Bertz CT molecular complexity index is 714. The zero-order valence-corrected chi connectivity index (χ0v) is 14.8. The summed E-state index contributed by atoms with van der Waals surface area (Å²) in [6, 6.07) is 16.1. The van der Waals surface area contributed by atoms with Crippen LogP contribution in [-0.2, 0) is 4.79 Å². The van der Waals surface area contributed by atoms with Crippen LogP contribution in [0.25, 0.3) is 0 Å². The number of carbonyl (C=O) groups is 2. The molecule has 132 valence electrons. The van der Waals surface area contributed by atoms with Crippen molar-refractivity contribution in [3.63, 3.8) is 0 Å². The van der Waals surface area contributed by atoms with E-state index in [4.69, 9.17) is 4.74 Å². The molecule has 0 fully saturated rings. The van der Waals surface area contributed by atoms with Crippen molar-refractivity contribution in [1.82, 2.24) is 5.32 Å². The number of ether oxygens (including phenoxy) is 1. The van der Waals surface area contributed by atoms with Crippen molar-refractivity contribution >= 4 is 17.5 Å². The molecule has 0 unspecified atom stereocenters. The molecule has 2 rings (SSSR count). The van der Waals surface area contributed by atoms with Gasteiger partial charge in [0.25, 0.3) is 11.8 Å². The first kappa shape index (κ1) is 18.5. The average Bonchev–Trinajstić information content (AvgIpc) is 2.61. The summed E-state index contributed by atoms with van der Waals surface area (Å²) in [5.74, 6) is 0.230. The number of hydrogen-bond donors (Lipinski definition) is 2. The van der Waals surface area contributed by atoms with Crippen LogP contribution in [0.15, 0.2) is 54.6 Å². The first-order valence-corrected chi connectivity index (χ1v) is 8.35. The maximum absolute atomic E-state index is 12.5. The summed E-state index contributed by atoms with van der Waals surface area (Å²) in [6.07, 6.45) is 0. The first-order valence-electron chi connectivity index (χ1n) is 8.35. The summed E-state index contributed by atoms with van der Waals surface area (Å²) in [4.78, 5) is 24.4. The van der Waals surface area contributed by atoms with Crippen molar-refractivity contribution in [1.29, 1.82) is 0 Å². The number of nitrogens with one attached hydrogen (secondary N) is 2. The molecule has 2 N–H and O–H groups in total. The molecule has 0 aliphatic carbocycles. The van der Waals surface area contributed by atoms with Crippen molar-refractivity contribution in [2.45, 2.75) is 26.8 Å². The van der Waals surface area contributed by atoms with Crippen LogP contribution in [0.3, 0.4) is 0 Å². The third-order valence-electron chi connectivity index (χ3n) is 3.91. The molecule has 0 aliphatic rings. The molecule has 0 radical (unpaired) electrons. The van der Waals surface area contributed by atoms with Gasteiger partial charge in [-0.3, -0.25) is 9.59 Å². The molecule has 2 aromatic rings. The van der Waals surface area contributed by atoms with Crippen LogP contribution < -0.4 is 15.4 Å². The molecule has 0 aliphatic heterocycles. The van der Waals surface area contributed by atoms with Gasteiger partial charge < -0.3 is 15.4 Å². The maximum atomic E-state index is 12.5. The summed E-state index contributed by atoms with van der Waals surface area (Å²) in [7, 11) is 0. The van der Waals surface area contributed by atoms with Gasteiger partial charge >= 0.3 is 0 Å². The molecule has 1 atom stereocenters. The quantitative estimate of drug-likeness (QED) is 0.811. The largest absolute Gasteiger partial charge is 0.483 e. The highest BCUT2D eigenvalue weighted by Gasteiger charge is 2.15. The molecule has 0 heterocycles. The van der Waals surface area contributed by atoms with E-state index in [1.165, 1.54) is 0 Å². The number of carbonyl (C=O) groups excluding carboxylic acids is 2. The molecule has 2 aromatic carbocycles. The molecular formula is C20H24N2O3. The molecule has 2 amide bonds. The third-order valence-corrected chi connectivity index (χ3v) is 3.91. The van der Waals surface area contributed by atoms with E-state index in [1.54, 1.807) is 24.3 Å². The fourth-order valence-corrected chi connectivity index (χ4v) is 2.11. The minimum Gasteiger partial charge on any atom is -0.483 e. The summed E-state index contributed by atoms with van der Waals surface area (Å²) in [5.41, 5.74) is 1.09. The Morgan fingerprint density at radius 1 is 0.960 bits per heavy atom. The van der Waals surface area contributed by atoms with Gasteiger partial charge in [-0.2, -0.15) is 0 Å². The summed E-state index contributed by atoms with van der Waals surface area (Å²) < 4.78 is 5.57. The summed E-state index contributed by atoms with van der Waals surface area (Å²) in [5, 5.41) is 5.69. The van der Waals surface area contributed by atoms with Crippen LogP contribution in [0, 0.1) is 5.92 Å². The second-order valence-corrected chi connectivity index (χ2v) is 6.21. The Morgan fingerprint density at radius 3 is 2.28 bits per heavy atom. The molecule has 0 aromatic heterocycles. The minimum absolute atomic E-state index is 0.0627. The fraction of sp³-hybridized carbons (Fsp3) is 0.300. The van der Waals surface area contributed by atoms with E-state index in [1.807, 2.05) is 51.1 Å². The van der Waals surface area contributed by atoms with Gasteiger partial charge in [0.2, 0.25) is 0 Å². The van der Waals surface area contributed by atoms with Crippen molar-refractivity contribution in [3.05, 3.63) is 60.2 Å². The minimum atomic E-state index is -0.280. The van der Waals surface area contributed by atoms with Crippen molar-refractivity contribution in [2.75, 3.05) is 11.9 Å². The summed E-state index contributed by atoms with van der Waals surface area (Å²) in [6.45, 7) is 5.89. The van der Waals surface area contributed by atoms with E-state index in [2.05, 4.69) is 10.6 Å². The van der Waals surface area contributed by atoms with Gasteiger partial charge in [0, 0.05) is 11.7 Å². The van der Waals surface area contributed by atoms with Crippen LogP contribution in [0.1, 0.15) is 31.1 Å². The second kappa shape index (κ2) is 8.87. The van der Waals surface area contributed by atoms with Gasteiger partial charge in [-0.15, -0.1) is 0 Å². The van der Waals surface area contributed by atoms with Gasteiger partial charge in [0.15, 0.2) is 6.61 Å². The highest BCUT2D eigenvalue weighted by molar-refractivity contribution is 6.06. The number of amides is 2. The van der Waals surface area contributed by atoms with Gasteiger partial charge in [-0.25, -0.2) is 0 Å². The van der Waals surface area contributed by atoms with E-state index in [9.17, 15) is 9.59 Å². The maximum Gasteiger partial charge on any atom is 0.259 e. The first-order chi connectivity index (χ1) is 12.0. The van der Waals surface area contributed by atoms with Crippen molar-refractivity contribution in [3.8, 4) is 5.75 Å².